The average Bonchev–Trinajstić information content (AvgIpc) is 2.75. The van der Waals surface area contributed by atoms with Gasteiger partial charge in [0.1, 0.15) is 0 Å². The van der Waals surface area contributed by atoms with Crippen molar-refractivity contribution in [3.8, 4) is 0 Å². The SMILES string of the molecule is CC(C)(C)CN1C[C@@H](NC(=O)CSc2ccccc2)CC1=O. The molecule has 1 aliphatic heterocycles. The topological polar surface area (TPSA) is 49.4 Å². The van der Waals surface area contributed by atoms with Gasteiger partial charge in [0.25, 0.3) is 0 Å². The number of hydrogen-bond acceptors (Lipinski definition) is 3. The van der Waals surface area contributed by atoms with Crippen LogP contribution in [-0.2, 0) is 9.59 Å². The van der Waals surface area contributed by atoms with E-state index in [2.05, 4.69) is 26.1 Å². The lowest BCUT2D eigenvalue weighted by atomic mass is 9.96. The number of hydrogen-bond donors (Lipinski definition) is 1. The molecule has 1 N–H and O–H groups in total. The van der Waals surface area contributed by atoms with Gasteiger partial charge in [-0.25, -0.2) is 0 Å². The second kappa shape index (κ2) is 7.18. The maximum atomic E-state index is 12.0. The van der Waals surface area contributed by atoms with Gasteiger partial charge in [0, 0.05) is 24.4 Å². The second-order valence-corrected chi connectivity index (χ2v) is 7.95. The zero-order valence-corrected chi connectivity index (χ0v) is 14.3. The van der Waals surface area contributed by atoms with Crippen LogP contribution in [0.4, 0.5) is 0 Å². The molecule has 2 amide bonds. The van der Waals surface area contributed by atoms with E-state index in [1.807, 2.05) is 35.2 Å². The highest BCUT2D eigenvalue weighted by molar-refractivity contribution is 8.00. The van der Waals surface area contributed by atoms with Crippen LogP contribution in [0.1, 0.15) is 27.2 Å². The highest BCUT2D eigenvalue weighted by atomic mass is 32.2. The molecule has 1 aliphatic rings. The Morgan fingerprint density at radius 1 is 1.32 bits per heavy atom. The Bertz CT molecular complexity index is 525. The van der Waals surface area contributed by atoms with Crippen LogP contribution < -0.4 is 5.32 Å². The fourth-order valence-corrected chi connectivity index (χ4v) is 3.26. The van der Waals surface area contributed by atoms with E-state index in [1.165, 1.54) is 11.8 Å². The van der Waals surface area contributed by atoms with Gasteiger partial charge in [0.2, 0.25) is 11.8 Å². The third-order valence-corrected chi connectivity index (χ3v) is 4.37. The summed E-state index contributed by atoms with van der Waals surface area (Å²) in [7, 11) is 0. The first kappa shape index (κ1) is 16.9. The molecular formula is C17H24N2O2S. The Morgan fingerprint density at radius 3 is 2.64 bits per heavy atom. The molecule has 1 atom stereocenters. The van der Waals surface area contributed by atoms with E-state index < -0.39 is 0 Å². The van der Waals surface area contributed by atoms with Gasteiger partial charge in [-0.05, 0) is 17.5 Å². The summed E-state index contributed by atoms with van der Waals surface area (Å²) < 4.78 is 0. The number of thioether (sulfide) groups is 1. The first-order chi connectivity index (χ1) is 10.3. The summed E-state index contributed by atoms with van der Waals surface area (Å²) in [6, 6.07) is 9.79. The molecule has 120 valence electrons. The van der Waals surface area contributed by atoms with Gasteiger partial charge in [0.15, 0.2) is 0 Å². The van der Waals surface area contributed by atoms with E-state index >= 15 is 0 Å². The molecule has 1 fully saturated rings. The smallest absolute Gasteiger partial charge is 0.230 e. The number of carbonyl (C=O) groups is 2. The third kappa shape index (κ3) is 5.37. The molecule has 1 saturated heterocycles. The van der Waals surface area contributed by atoms with Crippen molar-refractivity contribution in [1.82, 2.24) is 10.2 Å². The first-order valence-corrected chi connectivity index (χ1v) is 8.57. The molecule has 0 bridgehead atoms. The lowest BCUT2D eigenvalue weighted by molar-refractivity contribution is -0.128. The Balaban J connectivity index is 1.77. The third-order valence-electron chi connectivity index (χ3n) is 3.36. The van der Waals surface area contributed by atoms with Gasteiger partial charge in [-0.1, -0.05) is 39.0 Å². The fraction of sp³-hybridized carbons (Fsp3) is 0.529. The maximum Gasteiger partial charge on any atom is 0.230 e. The monoisotopic (exact) mass is 320 g/mol. The van der Waals surface area contributed by atoms with Crippen molar-refractivity contribution in [3.63, 3.8) is 0 Å². The Kier molecular flexibility index (Phi) is 5.51. The van der Waals surface area contributed by atoms with Crippen LogP contribution in [0.3, 0.4) is 0 Å². The largest absolute Gasteiger partial charge is 0.350 e. The predicted molar refractivity (Wildman–Crippen MR) is 89.7 cm³/mol. The molecule has 0 aromatic heterocycles. The Labute approximate surface area is 136 Å². The quantitative estimate of drug-likeness (QED) is 0.848. The molecular weight excluding hydrogens is 296 g/mol. The van der Waals surface area contributed by atoms with E-state index in [-0.39, 0.29) is 23.3 Å². The van der Waals surface area contributed by atoms with Crippen molar-refractivity contribution < 1.29 is 9.59 Å². The molecule has 1 aromatic carbocycles. The summed E-state index contributed by atoms with van der Waals surface area (Å²) in [5, 5.41) is 2.97. The number of nitrogens with one attached hydrogen (secondary N) is 1. The van der Waals surface area contributed by atoms with Gasteiger partial charge in [-0.15, -0.1) is 11.8 Å². The van der Waals surface area contributed by atoms with Crippen LogP contribution in [0.25, 0.3) is 0 Å². The van der Waals surface area contributed by atoms with Crippen molar-refractivity contribution in [1.29, 1.82) is 0 Å². The van der Waals surface area contributed by atoms with E-state index in [0.29, 0.717) is 18.7 Å². The van der Waals surface area contributed by atoms with E-state index in [9.17, 15) is 9.59 Å². The molecule has 0 spiro atoms. The summed E-state index contributed by atoms with van der Waals surface area (Å²) in [6.07, 6.45) is 0.415. The number of nitrogens with zero attached hydrogens (tertiary/aromatic N) is 1. The standard InChI is InChI=1S/C17H24N2O2S/c1-17(2,3)12-19-10-13(9-16(19)21)18-15(20)11-22-14-7-5-4-6-8-14/h4-8,13H,9-12H2,1-3H3,(H,18,20)/t13-/m0/s1. The molecule has 0 saturated carbocycles. The minimum absolute atomic E-state index is 0.00994. The minimum Gasteiger partial charge on any atom is -0.350 e. The molecule has 0 unspecified atom stereocenters. The predicted octanol–water partition coefficient (Wildman–Crippen LogP) is 2.54. The normalized spacial score (nSPS) is 18.6. The van der Waals surface area contributed by atoms with Crippen LogP contribution in [-0.4, -0.2) is 41.6 Å². The molecule has 4 nitrogen and oxygen atoms in total. The van der Waals surface area contributed by atoms with E-state index in [0.717, 1.165) is 11.4 Å². The van der Waals surface area contributed by atoms with Crippen LogP contribution >= 0.6 is 11.8 Å². The zero-order valence-electron chi connectivity index (χ0n) is 13.5. The number of likely N-dealkylation sites (tertiary alicyclic amines) is 1. The van der Waals surface area contributed by atoms with Crippen LogP contribution in [0.5, 0.6) is 0 Å². The molecule has 1 heterocycles. The van der Waals surface area contributed by atoms with Gasteiger partial charge < -0.3 is 10.2 Å². The number of rotatable bonds is 5. The minimum atomic E-state index is -0.0567. The van der Waals surface area contributed by atoms with E-state index in [1.54, 1.807) is 0 Å². The van der Waals surface area contributed by atoms with Gasteiger partial charge in [-0.3, -0.25) is 9.59 Å². The lowest BCUT2D eigenvalue weighted by Crippen LogP contribution is -2.39. The highest BCUT2D eigenvalue weighted by Crippen LogP contribution is 2.21. The lowest BCUT2D eigenvalue weighted by Gasteiger charge is -2.26. The Hall–Kier alpha value is -1.49. The Morgan fingerprint density at radius 2 is 2.00 bits per heavy atom. The van der Waals surface area contributed by atoms with Gasteiger partial charge in [0.05, 0.1) is 11.8 Å². The zero-order chi connectivity index (χ0) is 16.2. The van der Waals surface area contributed by atoms with Gasteiger partial charge in [-0.2, -0.15) is 0 Å². The molecule has 2 rings (SSSR count). The van der Waals surface area contributed by atoms with Gasteiger partial charge >= 0.3 is 0 Å². The highest BCUT2D eigenvalue weighted by Gasteiger charge is 2.32. The van der Waals surface area contributed by atoms with Crippen molar-refractivity contribution in [2.75, 3.05) is 18.8 Å². The van der Waals surface area contributed by atoms with Crippen molar-refractivity contribution >= 4 is 23.6 Å². The van der Waals surface area contributed by atoms with Crippen LogP contribution in [0, 0.1) is 5.41 Å². The number of carbonyl (C=O) groups excluding carboxylic acids is 2. The first-order valence-electron chi connectivity index (χ1n) is 7.58. The van der Waals surface area contributed by atoms with E-state index in [4.69, 9.17) is 0 Å². The summed E-state index contributed by atoms with van der Waals surface area (Å²) in [6.45, 7) is 7.70. The summed E-state index contributed by atoms with van der Waals surface area (Å²) >= 11 is 1.51. The molecule has 5 heteroatoms. The van der Waals surface area contributed by atoms with Crippen LogP contribution in [0.2, 0.25) is 0 Å². The summed E-state index contributed by atoms with van der Waals surface area (Å²) in [5.41, 5.74) is 0.0811. The van der Waals surface area contributed by atoms with Crippen molar-refractivity contribution in [3.05, 3.63) is 30.3 Å². The second-order valence-electron chi connectivity index (χ2n) is 6.91. The fourth-order valence-electron chi connectivity index (χ4n) is 2.53. The molecule has 22 heavy (non-hydrogen) atoms. The molecule has 1 aromatic rings. The van der Waals surface area contributed by atoms with Crippen molar-refractivity contribution in [2.24, 2.45) is 5.41 Å². The van der Waals surface area contributed by atoms with Crippen molar-refractivity contribution in [2.45, 2.75) is 38.1 Å². The summed E-state index contributed by atoms with van der Waals surface area (Å²) in [4.78, 5) is 26.9. The summed E-state index contributed by atoms with van der Waals surface area (Å²) in [5.74, 6) is 0.508. The number of amides is 2. The van der Waals surface area contributed by atoms with Crippen LogP contribution in [0.15, 0.2) is 35.2 Å². The molecule has 0 radical (unpaired) electrons. The average molecular weight is 320 g/mol. The number of benzene rings is 1. The molecule has 0 aliphatic carbocycles. The maximum absolute atomic E-state index is 12.0.